The van der Waals surface area contributed by atoms with E-state index in [1.807, 2.05) is 0 Å². The first kappa shape index (κ1) is 13.6. The molecule has 0 unspecified atom stereocenters. The molecule has 1 aliphatic carbocycles. The van der Waals surface area contributed by atoms with E-state index in [0.29, 0.717) is 24.7 Å². The van der Waals surface area contributed by atoms with Gasteiger partial charge in [0.15, 0.2) is 5.69 Å². The van der Waals surface area contributed by atoms with Crippen LogP contribution < -0.4 is 11.1 Å². The Morgan fingerprint density at radius 1 is 1.53 bits per heavy atom. The summed E-state index contributed by atoms with van der Waals surface area (Å²) in [4.78, 5) is 15.5. The minimum atomic E-state index is -0.479. The molecule has 1 aromatic heterocycles. The largest absolute Gasteiger partial charge is 0.464 e. The zero-order chi connectivity index (χ0) is 13.7. The van der Waals surface area contributed by atoms with Crippen LogP contribution in [0.5, 0.6) is 0 Å². The Labute approximate surface area is 112 Å². The van der Waals surface area contributed by atoms with Crippen molar-refractivity contribution in [1.29, 1.82) is 0 Å². The molecule has 0 radical (unpaired) electrons. The Bertz CT molecular complexity index is 447. The molecule has 1 aliphatic rings. The van der Waals surface area contributed by atoms with E-state index in [0.717, 1.165) is 12.5 Å². The third kappa shape index (κ3) is 4.10. The number of methoxy groups -OCH3 is 1. The normalized spacial score (nSPS) is 14.2. The van der Waals surface area contributed by atoms with Crippen LogP contribution in [-0.2, 0) is 9.47 Å². The van der Waals surface area contributed by atoms with Gasteiger partial charge in [0.05, 0.1) is 19.4 Å². The Morgan fingerprint density at radius 3 is 3.00 bits per heavy atom. The highest BCUT2D eigenvalue weighted by molar-refractivity contribution is 5.88. The van der Waals surface area contributed by atoms with E-state index in [1.165, 1.54) is 26.0 Å². The maximum atomic E-state index is 11.4. The summed E-state index contributed by atoms with van der Waals surface area (Å²) < 4.78 is 10.1. The van der Waals surface area contributed by atoms with E-state index in [2.05, 4.69) is 15.0 Å². The third-order valence-electron chi connectivity index (χ3n) is 2.91. The highest BCUT2D eigenvalue weighted by Gasteiger charge is 2.20. The molecule has 19 heavy (non-hydrogen) atoms. The van der Waals surface area contributed by atoms with E-state index < -0.39 is 5.97 Å². The van der Waals surface area contributed by atoms with Gasteiger partial charge in [0.2, 0.25) is 0 Å². The minimum absolute atomic E-state index is 0.234. The molecule has 0 aliphatic heterocycles. The number of carbonyl (C=O) groups is 1. The van der Waals surface area contributed by atoms with E-state index in [1.54, 1.807) is 6.07 Å². The molecule has 0 amide bonds. The molecule has 0 bridgehead atoms. The molecule has 104 valence electrons. The molecule has 6 nitrogen and oxygen atoms in total. The predicted octanol–water partition coefficient (Wildman–Crippen LogP) is 1.29. The quantitative estimate of drug-likeness (QED) is 0.570. The second-order valence-electron chi connectivity index (χ2n) is 4.57. The Kier molecular flexibility index (Phi) is 4.57. The number of pyridine rings is 1. The van der Waals surface area contributed by atoms with Crippen molar-refractivity contribution in [3.63, 3.8) is 0 Å². The van der Waals surface area contributed by atoms with Crippen molar-refractivity contribution in [2.24, 2.45) is 5.92 Å². The van der Waals surface area contributed by atoms with Crippen molar-refractivity contribution >= 4 is 17.5 Å². The van der Waals surface area contributed by atoms with Crippen molar-refractivity contribution in [1.82, 2.24) is 4.98 Å². The molecule has 6 heteroatoms. The molecule has 0 spiro atoms. The number of rotatable bonds is 7. The van der Waals surface area contributed by atoms with Crippen molar-refractivity contribution in [2.45, 2.75) is 12.8 Å². The van der Waals surface area contributed by atoms with Crippen molar-refractivity contribution < 1.29 is 14.3 Å². The van der Waals surface area contributed by atoms with Gasteiger partial charge < -0.3 is 20.5 Å². The number of nitrogens with one attached hydrogen (secondary N) is 1. The topological polar surface area (TPSA) is 86.5 Å². The number of hydrogen-bond acceptors (Lipinski definition) is 6. The van der Waals surface area contributed by atoms with Gasteiger partial charge in [-0.15, -0.1) is 0 Å². The summed E-state index contributed by atoms with van der Waals surface area (Å²) in [7, 11) is 1.32. The Balaban J connectivity index is 1.81. The molecule has 1 heterocycles. The molecule has 3 N–H and O–H groups in total. The molecule has 1 fully saturated rings. The highest BCUT2D eigenvalue weighted by atomic mass is 16.5. The first-order valence-corrected chi connectivity index (χ1v) is 6.37. The van der Waals surface area contributed by atoms with Gasteiger partial charge in [0, 0.05) is 13.2 Å². The molecular weight excluding hydrogens is 246 g/mol. The van der Waals surface area contributed by atoms with Crippen LogP contribution in [0, 0.1) is 5.92 Å². The van der Waals surface area contributed by atoms with Crippen LogP contribution in [0.2, 0.25) is 0 Å². The number of hydrogen-bond donors (Lipinski definition) is 2. The average molecular weight is 265 g/mol. The smallest absolute Gasteiger partial charge is 0.356 e. The van der Waals surface area contributed by atoms with Crippen LogP contribution in [0.3, 0.4) is 0 Å². The monoisotopic (exact) mass is 265 g/mol. The maximum Gasteiger partial charge on any atom is 0.356 e. The molecule has 1 aromatic rings. The molecule has 0 aromatic carbocycles. The van der Waals surface area contributed by atoms with Crippen LogP contribution in [0.4, 0.5) is 11.5 Å². The first-order valence-electron chi connectivity index (χ1n) is 6.37. The summed E-state index contributed by atoms with van der Waals surface area (Å²) in [6, 6.07) is 3.17. The van der Waals surface area contributed by atoms with Gasteiger partial charge in [-0.05, 0) is 30.9 Å². The van der Waals surface area contributed by atoms with Crippen LogP contribution in [-0.4, -0.2) is 37.8 Å². The molecule has 0 atom stereocenters. The Morgan fingerprint density at radius 2 is 2.32 bits per heavy atom. The molecule has 0 saturated heterocycles. The fourth-order valence-corrected chi connectivity index (χ4v) is 1.61. The van der Waals surface area contributed by atoms with Gasteiger partial charge in [-0.1, -0.05) is 0 Å². The van der Waals surface area contributed by atoms with Crippen molar-refractivity contribution in [3.8, 4) is 0 Å². The van der Waals surface area contributed by atoms with E-state index >= 15 is 0 Å². The minimum Gasteiger partial charge on any atom is -0.464 e. The number of nitrogens with zero attached hydrogens (tertiary/aromatic N) is 1. The third-order valence-corrected chi connectivity index (χ3v) is 2.91. The molecular formula is C13H19N3O3. The Hall–Kier alpha value is -1.82. The lowest BCUT2D eigenvalue weighted by Gasteiger charge is -2.09. The fourth-order valence-electron chi connectivity index (χ4n) is 1.61. The highest BCUT2D eigenvalue weighted by Crippen LogP contribution is 2.28. The lowest BCUT2D eigenvalue weighted by molar-refractivity contribution is 0.0594. The van der Waals surface area contributed by atoms with Crippen molar-refractivity contribution in [2.75, 3.05) is 37.9 Å². The van der Waals surface area contributed by atoms with Gasteiger partial charge in [0.25, 0.3) is 0 Å². The van der Waals surface area contributed by atoms with Crippen molar-refractivity contribution in [3.05, 3.63) is 17.8 Å². The number of nitrogens with two attached hydrogens (primary N) is 1. The van der Waals surface area contributed by atoms with E-state index in [4.69, 9.17) is 10.5 Å². The van der Waals surface area contributed by atoms with Gasteiger partial charge in [-0.2, -0.15) is 0 Å². The zero-order valence-corrected chi connectivity index (χ0v) is 11.0. The SMILES string of the molecule is COC(=O)c1ccc(N)c(NCCOCC2CC2)n1. The number of nitrogen functional groups attached to an aromatic ring is 1. The van der Waals surface area contributed by atoms with Crippen LogP contribution in [0.1, 0.15) is 23.3 Å². The second-order valence-corrected chi connectivity index (χ2v) is 4.57. The van der Waals surface area contributed by atoms with Crippen LogP contribution in [0.15, 0.2) is 12.1 Å². The summed E-state index contributed by atoms with van der Waals surface area (Å²) >= 11 is 0. The maximum absolute atomic E-state index is 11.4. The molecule has 1 saturated carbocycles. The molecule has 2 rings (SSSR count). The number of anilines is 2. The fraction of sp³-hybridized carbons (Fsp3) is 0.538. The summed E-state index contributed by atoms with van der Waals surface area (Å²) in [6.45, 7) is 2.03. The van der Waals surface area contributed by atoms with E-state index in [-0.39, 0.29) is 5.69 Å². The number of aromatic nitrogens is 1. The summed E-state index contributed by atoms with van der Waals surface area (Å²) in [5, 5.41) is 3.06. The van der Waals surface area contributed by atoms with E-state index in [9.17, 15) is 4.79 Å². The average Bonchev–Trinajstić information content (AvgIpc) is 3.23. The predicted molar refractivity (Wildman–Crippen MR) is 72.0 cm³/mol. The second kappa shape index (κ2) is 6.38. The first-order chi connectivity index (χ1) is 9.20. The summed E-state index contributed by atoms with van der Waals surface area (Å²) in [5.74, 6) is 0.761. The van der Waals surface area contributed by atoms with Gasteiger partial charge >= 0.3 is 5.97 Å². The summed E-state index contributed by atoms with van der Waals surface area (Å²) in [6.07, 6.45) is 2.56. The van der Waals surface area contributed by atoms with Gasteiger partial charge in [-0.3, -0.25) is 0 Å². The standard InChI is InChI=1S/C13H19N3O3/c1-18-13(17)11-5-4-10(14)12(16-11)15-6-7-19-8-9-2-3-9/h4-5,9H,2-3,6-8,14H2,1H3,(H,15,16). The number of esters is 1. The van der Waals surface area contributed by atoms with Crippen LogP contribution in [0.25, 0.3) is 0 Å². The number of ether oxygens (including phenoxy) is 2. The van der Waals surface area contributed by atoms with Gasteiger partial charge in [-0.25, -0.2) is 9.78 Å². The zero-order valence-electron chi connectivity index (χ0n) is 11.0. The lowest BCUT2D eigenvalue weighted by Crippen LogP contribution is -2.14. The number of carbonyl (C=O) groups excluding carboxylic acids is 1. The van der Waals surface area contributed by atoms with Gasteiger partial charge in [0.1, 0.15) is 5.82 Å². The van der Waals surface area contributed by atoms with Crippen LogP contribution >= 0.6 is 0 Å². The lowest BCUT2D eigenvalue weighted by atomic mass is 10.3. The summed E-state index contributed by atoms with van der Waals surface area (Å²) in [5.41, 5.74) is 6.52.